The summed E-state index contributed by atoms with van der Waals surface area (Å²) in [5.74, 6) is 0.174. The van der Waals surface area contributed by atoms with Gasteiger partial charge in [0.2, 0.25) is 6.29 Å². The number of rotatable bonds is 7. The first-order chi connectivity index (χ1) is 15.0. The van der Waals surface area contributed by atoms with Crippen LogP contribution in [0.2, 0.25) is 0 Å². The molecule has 1 N–H and O–H groups in total. The third-order valence-corrected chi connectivity index (χ3v) is 4.60. The molecular weight excluding hydrogens is 401 g/mol. The van der Waals surface area contributed by atoms with E-state index in [-0.39, 0.29) is 11.8 Å². The van der Waals surface area contributed by atoms with Crippen LogP contribution in [0.25, 0.3) is 22.6 Å². The Hall–Kier alpha value is -3.14. The number of aromatic nitrogens is 4. The second kappa shape index (κ2) is 9.34. The molecule has 1 fully saturated rings. The van der Waals surface area contributed by atoms with Gasteiger partial charge in [0.25, 0.3) is 0 Å². The number of nitrogens with zero attached hydrogens (tertiary/aromatic N) is 4. The molecule has 3 aromatic rings. The molecule has 0 unspecified atom stereocenters. The summed E-state index contributed by atoms with van der Waals surface area (Å²) in [5, 5.41) is 0. The van der Waals surface area contributed by atoms with E-state index in [4.69, 9.17) is 14.2 Å². The van der Waals surface area contributed by atoms with Crippen molar-refractivity contribution in [2.75, 3.05) is 40.5 Å². The molecule has 0 atom stereocenters. The first-order valence-electron chi connectivity index (χ1n) is 9.86. The first-order valence-corrected chi connectivity index (χ1v) is 9.86. The minimum atomic E-state index is -0.656. The lowest BCUT2D eigenvalue weighted by Crippen LogP contribution is -2.20. The number of ether oxygens (including phenoxy) is 3. The van der Waals surface area contributed by atoms with Crippen molar-refractivity contribution in [2.45, 2.75) is 6.29 Å². The Kier molecular flexibility index (Phi) is 6.36. The molecule has 0 saturated carbocycles. The third kappa shape index (κ3) is 5.13. The van der Waals surface area contributed by atoms with Gasteiger partial charge in [-0.1, -0.05) is 6.58 Å². The highest BCUT2D eigenvalue weighted by atomic mass is 19.1. The quantitative estimate of drug-likeness (QED) is 0.582. The topological polar surface area (TPSA) is 85.4 Å². The molecule has 0 spiro atoms. The Balaban J connectivity index is 1.68. The zero-order valence-electron chi connectivity index (χ0n) is 17.5. The summed E-state index contributed by atoms with van der Waals surface area (Å²) >= 11 is 0. The Morgan fingerprint density at radius 1 is 1.16 bits per heavy atom. The molecule has 1 aliphatic rings. The van der Waals surface area contributed by atoms with Gasteiger partial charge in [-0.05, 0) is 50.0 Å². The van der Waals surface area contributed by atoms with Crippen LogP contribution in [0.4, 0.5) is 4.39 Å². The lowest BCUT2D eigenvalue weighted by Gasteiger charge is -2.22. The summed E-state index contributed by atoms with van der Waals surface area (Å²) in [4.78, 5) is 18.7. The molecule has 8 nitrogen and oxygen atoms in total. The summed E-state index contributed by atoms with van der Waals surface area (Å²) in [7, 11) is 3.93. The molecular formula is C22H24FN5O3. The molecule has 2 aromatic heterocycles. The maximum Gasteiger partial charge on any atom is 0.316 e. The predicted octanol–water partition coefficient (Wildman–Crippen LogP) is 3.21. The van der Waals surface area contributed by atoms with Crippen LogP contribution in [0.15, 0.2) is 48.7 Å². The molecule has 1 saturated heterocycles. The average molecular weight is 425 g/mol. The number of halogens is 1. The fourth-order valence-electron chi connectivity index (χ4n) is 3.01. The van der Waals surface area contributed by atoms with Crippen molar-refractivity contribution < 1.29 is 18.6 Å². The van der Waals surface area contributed by atoms with Crippen LogP contribution in [0.1, 0.15) is 12.1 Å². The zero-order valence-corrected chi connectivity index (χ0v) is 17.5. The summed E-state index contributed by atoms with van der Waals surface area (Å²) in [6, 6.07) is 8.13. The standard InChI is InChI=1S/C22H24FN5O3/c1-14-12-30-21(31-13-14)20-26-18(15-4-6-16(23)7-5-15)19(27-20)17-8-9-24-22(25-17)29-11-10-28(2)3/h4-9,21H,1,10-13H2,2-3H3,(H,26,27). The van der Waals surface area contributed by atoms with Gasteiger partial charge in [0, 0.05) is 18.3 Å². The number of hydrogen-bond acceptors (Lipinski definition) is 7. The molecule has 162 valence electrons. The highest BCUT2D eigenvalue weighted by molar-refractivity contribution is 5.76. The second-order valence-corrected chi connectivity index (χ2v) is 7.43. The van der Waals surface area contributed by atoms with Gasteiger partial charge >= 0.3 is 6.01 Å². The van der Waals surface area contributed by atoms with E-state index >= 15 is 0 Å². The molecule has 31 heavy (non-hydrogen) atoms. The Morgan fingerprint density at radius 2 is 1.90 bits per heavy atom. The number of benzene rings is 1. The van der Waals surface area contributed by atoms with Crippen LogP contribution < -0.4 is 4.74 Å². The van der Waals surface area contributed by atoms with Gasteiger partial charge in [0.05, 0.1) is 30.3 Å². The van der Waals surface area contributed by atoms with Crippen LogP contribution >= 0.6 is 0 Å². The maximum absolute atomic E-state index is 13.5. The largest absolute Gasteiger partial charge is 0.462 e. The predicted molar refractivity (Wildman–Crippen MR) is 113 cm³/mol. The average Bonchev–Trinajstić information content (AvgIpc) is 3.20. The van der Waals surface area contributed by atoms with E-state index in [1.807, 2.05) is 19.0 Å². The normalized spacial score (nSPS) is 14.9. The van der Waals surface area contributed by atoms with E-state index in [2.05, 4.69) is 26.5 Å². The molecule has 0 radical (unpaired) electrons. The van der Waals surface area contributed by atoms with Crippen molar-refractivity contribution in [3.05, 3.63) is 60.3 Å². The minimum Gasteiger partial charge on any atom is -0.462 e. The van der Waals surface area contributed by atoms with Crippen LogP contribution in [-0.4, -0.2) is 65.3 Å². The van der Waals surface area contributed by atoms with Crippen molar-refractivity contribution in [3.8, 4) is 28.7 Å². The second-order valence-electron chi connectivity index (χ2n) is 7.43. The molecule has 3 heterocycles. The summed E-state index contributed by atoms with van der Waals surface area (Å²) in [6.07, 6.45) is 0.968. The highest BCUT2D eigenvalue weighted by Crippen LogP contribution is 2.33. The number of likely N-dealkylation sites (N-methyl/N-ethyl adjacent to an activating group) is 1. The van der Waals surface area contributed by atoms with Gasteiger partial charge in [-0.15, -0.1) is 0 Å². The minimum absolute atomic E-state index is 0.266. The Bertz CT molecular complexity index is 1040. The van der Waals surface area contributed by atoms with Gasteiger partial charge in [-0.25, -0.2) is 14.4 Å². The molecule has 1 aliphatic heterocycles. The van der Waals surface area contributed by atoms with Crippen molar-refractivity contribution >= 4 is 0 Å². The fourth-order valence-corrected chi connectivity index (χ4v) is 3.01. The number of nitrogens with one attached hydrogen (secondary N) is 1. The van der Waals surface area contributed by atoms with E-state index in [0.29, 0.717) is 42.7 Å². The highest BCUT2D eigenvalue weighted by Gasteiger charge is 2.25. The van der Waals surface area contributed by atoms with Crippen molar-refractivity contribution in [1.29, 1.82) is 0 Å². The van der Waals surface area contributed by atoms with Gasteiger partial charge in [-0.2, -0.15) is 4.98 Å². The van der Waals surface area contributed by atoms with Crippen molar-refractivity contribution in [3.63, 3.8) is 0 Å². The first kappa shape index (κ1) is 21.1. The summed E-state index contributed by atoms with van der Waals surface area (Å²) < 4.78 is 30.5. The molecule has 9 heteroatoms. The monoisotopic (exact) mass is 425 g/mol. The number of H-pyrrole nitrogens is 1. The van der Waals surface area contributed by atoms with Crippen LogP contribution in [-0.2, 0) is 9.47 Å². The van der Waals surface area contributed by atoms with Crippen LogP contribution in [0, 0.1) is 5.82 Å². The number of aromatic amines is 1. The molecule has 0 amide bonds. The number of hydrogen-bond donors (Lipinski definition) is 1. The number of imidazole rings is 1. The van der Waals surface area contributed by atoms with Gasteiger partial charge in [0.1, 0.15) is 12.4 Å². The van der Waals surface area contributed by atoms with Gasteiger partial charge in [0.15, 0.2) is 5.82 Å². The van der Waals surface area contributed by atoms with Gasteiger partial charge in [-0.3, -0.25) is 0 Å². The molecule has 0 bridgehead atoms. The smallest absolute Gasteiger partial charge is 0.316 e. The molecule has 0 aliphatic carbocycles. The van der Waals surface area contributed by atoms with E-state index in [1.165, 1.54) is 12.1 Å². The maximum atomic E-state index is 13.5. The fraction of sp³-hybridized carbons (Fsp3) is 0.318. The van der Waals surface area contributed by atoms with E-state index in [9.17, 15) is 4.39 Å². The summed E-state index contributed by atoms with van der Waals surface area (Å²) in [5.41, 5.74) is 3.42. The van der Waals surface area contributed by atoms with E-state index in [0.717, 1.165) is 17.7 Å². The molecule has 4 rings (SSSR count). The molecule has 1 aromatic carbocycles. The van der Waals surface area contributed by atoms with Crippen molar-refractivity contribution in [1.82, 2.24) is 24.8 Å². The van der Waals surface area contributed by atoms with E-state index in [1.54, 1.807) is 24.4 Å². The van der Waals surface area contributed by atoms with Crippen LogP contribution in [0.5, 0.6) is 6.01 Å². The Morgan fingerprint density at radius 3 is 2.61 bits per heavy atom. The Labute approximate surface area is 179 Å². The lowest BCUT2D eigenvalue weighted by molar-refractivity contribution is -0.165. The lowest BCUT2D eigenvalue weighted by atomic mass is 10.1. The SMILES string of the molecule is C=C1COC(c2nc(-c3ccc(F)cc3)c(-c3ccnc(OCCN(C)C)n3)[nH]2)OC1. The zero-order chi connectivity index (χ0) is 21.8. The van der Waals surface area contributed by atoms with Crippen molar-refractivity contribution in [2.24, 2.45) is 0 Å². The third-order valence-electron chi connectivity index (χ3n) is 4.60. The summed E-state index contributed by atoms with van der Waals surface area (Å²) in [6.45, 7) is 5.85. The van der Waals surface area contributed by atoms with Gasteiger partial charge < -0.3 is 24.1 Å². The van der Waals surface area contributed by atoms with E-state index < -0.39 is 6.29 Å². The van der Waals surface area contributed by atoms with Crippen LogP contribution in [0.3, 0.4) is 0 Å².